The van der Waals surface area contributed by atoms with Gasteiger partial charge in [0.05, 0.1) is 16.5 Å². The first kappa shape index (κ1) is 26.8. The lowest BCUT2D eigenvalue weighted by Crippen LogP contribution is -2.42. The number of carbonyl (C=O) groups excluding carboxylic acids is 2. The van der Waals surface area contributed by atoms with Gasteiger partial charge in [-0.3, -0.25) is 9.59 Å². The maximum absolute atomic E-state index is 12.1. The number of halogens is 2. The fourth-order valence-electron chi connectivity index (χ4n) is 4.94. The van der Waals surface area contributed by atoms with Crippen LogP contribution in [0.1, 0.15) is 19.3 Å². The summed E-state index contributed by atoms with van der Waals surface area (Å²) in [6.07, 6.45) is 1.73. The molecule has 3 heterocycles. The molecule has 0 saturated carbocycles. The Labute approximate surface area is 236 Å². The Bertz CT molecular complexity index is 1540. The molecular formula is C28H29Cl2N7O2. The Kier molecular flexibility index (Phi) is 7.63. The van der Waals surface area contributed by atoms with E-state index in [0.717, 1.165) is 41.9 Å². The first-order valence-electron chi connectivity index (χ1n) is 12.7. The van der Waals surface area contributed by atoms with Gasteiger partial charge < -0.3 is 21.3 Å². The van der Waals surface area contributed by atoms with E-state index in [1.54, 1.807) is 4.52 Å². The van der Waals surface area contributed by atoms with Crippen LogP contribution in [0.15, 0.2) is 54.6 Å². The van der Waals surface area contributed by atoms with Gasteiger partial charge in [0.1, 0.15) is 17.3 Å². The number of hydrogen-bond acceptors (Lipinski definition) is 6. The van der Waals surface area contributed by atoms with E-state index in [2.05, 4.69) is 4.90 Å². The molecule has 1 aliphatic heterocycles. The van der Waals surface area contributed by atoms with Gasteiger partial charge in [-0.1, -0.05) is 53.5 Å². The molecule has 1 aliphatic rings. The van der Waals surface area contributed by atoms with Crippen molar-refractivity contribution in [3.63, 3.8) is 0 Å². The van der Waals surface area contributed by atoms with Crippen LogP contribution in [0, 0.1) is 5.92 Å². The van der Waals surface area contributed by atoms with Gasteiger partial charge >= 0.3 is 0 Å². The van der Waals surface area contributed by atoms with Gasteiger partial charge in [-0.25, -0.2) is 4.98 Å². The topological polar surface area (TPSA) is 123 Å². The van der Waals surface area contributed by atoms with Crippen LogP contribution >= 0.6 is 23.2 Å². The number of fused-ring (bicyclic) bond motifs is 1. The van der Waals surface area contributed by atoms with Crippen LogP contribution < -0.4 is 21.3 Å². The van der Waals surface area contributed by atoms with Crippen molar-refractivity contribution in [3.8, 4) is 22.4 Å². The van der Waals surface area contributed by atoms with E-state index in [4.69, 9.17) is 44.8 Å². The maximum Gasteiger partial charge on any atom is 0.222 e. The van der Waals surface area contributed by atoms with Gasteiger partial charge in [0, 0.05) is 49.8 Å². The van der Waals surface area contributed by atoms with Gasteiger partial charge in [-0.05, 0) is 36.6 Å². The van der Waals surface area contributed by atoms with Crippen LogP contribution in [-0.2, 0) is 9.59 Å². The molecule has 9 nitrogen and oxygen atoms in total. The molecule has 0 radical (unpaired) electrons. The molecule has 2 aromatic carbocycles. The fourth-order valence-corrected chi connectivity index (χ4v) is 5.30. The number of benzene rings is 2. The minimum absolute atomic E-state index is 0.181. The van der Waals surface area contributed by atoms with Gasteiger partial charge in [0.25, 0.3) is 0 Å². The monoisotopic (exact) mass is 565 g/mol. The highest BCUT2D eigenvalue weighted by Gasteiger charge is 2.29. The first-order valence-corrected chi connectivity index (χ1v) is 13.5. The number of nitrogens with two attached hydrogens (primary N) is 2. The fraction of sp³-hybridized carbons (Fsp3) is 0.286. The van der Waals surface area contributed by atoms with Gasteiger partial charge in [-0.2, -0.15) is 9.61 Å². The lowest BCUT2D eigenvalue weighted by atomic mass is 9.97. The summed E-state index contributed by atoms with van der Waals surface area (Å²) in [5, 5.41) is 6.22. The summed E-state index contributed by atoms with van der Waals surface area (Å²) in [6.45, 7) is 1.59. The SMILES string of the molecule is CN(CCC(N)=O)c1cc(N2CCC[C@@H](C(N)=O)C2)n2nc(-c3ccccc3Cl)c(-c3ccc(Cl)cc3)c2n1. The number of nitrogens with zero attached hydrogens (tertiary/aromatic N) is 5. The van der Waals surface area contributed by atoms with E-state index in [1.165, 1.54) is 0 Å². The second kappa shape index (κ2) is 11.1. The van der Waals surface area contributed by atoms with Gasteiger partial charge in [0.2, 0.25) is 11.8 Å². The zero-order valence-corrected chi connectivity index (χ0v) is 23.0. The average Bonchev–Trinajstić information content (AvgIpc) is 3.31. The minimum Gasteiger partial charge on any atom is -0.370 e. The number of aromatic nitrogens is 3. The molecule has 1 fully saturated rings. The number of primary amides is 2. The van der Waals surface area contributed by atoms with E-state index < -0.39 is 5.91 Å². The van der Waals surface area contributed by atoms with Crippen molar-refractivity contribution in [2.24, 2.45) is 17.4 Å². The van der Waals surface area contributed by atoms with Crippen LogP contribution in [0.25, 0.3) is 28.0 Å². The van der Waals surface area contributed by atoms with Crippen LogP contribution in [0.5, 0.6) is 0 Å². The second-order valence-electron chi connectivity index (χ2n) is 9.74. The van der Waals surface area contributed by atoms with Crippen molar-refractivity contribution in [2.45, 2.75) is 19.3 Å². The van der Waals surface area contributed by atoms with Crippen molar-refractivity contribution < 1.29 is 9.59 Å². The molecule has 2 amide bonds. The Balaban J connectivity index is 1.78. The summed E-state index contributed by atoms with van der Waals surface area (Å²) in [6, 6.07) is 17.0. The number of carbonyl (C=O) groups is 2. The van der Waals surface area contributed by atoms with E-state index in [0.29, 0.717) is 40.3 Å². The standard InChI is InChI=1S/C28H29Cl2N7O2/c1-35(14-12-22(31)38)23-15-24(36-13-4-5-18(16-36)27(32)39)37-28(33-23)25(17-8-10-19(29)11-9-17)26(34-37)20-6-2-3-7-21(20)30/h2-3,6-11,15,18H,4-5,12-14,16H2,1H3,(H2,31,38)(H2,32,39)/t18-/m1/s1. The van der Waals surface area contributed by atoms with Crippen molar-refractivity contribution in [1.29, 1.82) is 0 Å². The third kappa shape index (κ3) is 5.51. The molecular weight excluding hydrogens is 537 g/mol. The molecule has 4 N–H and O–H groups in total. The molecule has 1 atom stereocenters. The Hall–Kier alpha value is -3.82. The van der Waals surface area contributed by atoms with Crippen LogP contribution in [0.2, 0.25) is 10.0 Å². The highest BCUT2D eigenvalue weighted by molar-refractivity contribution is 6.33. The smallest absolute Gasteiger partial charge is 0.222 e. The highest BCUT2D eigenvalue weighted by atomic mass is 35.5. The molecule has 5 rings (SSSR count). The lowest BCUT2D eigenvalue weighted by molar-refractivity contribution is -0.122. The number of hydrogen-bond donors (Lipinski definition) is 2. The number of anilines is 2. The van der Waals surface area contributed by atoms with E-state index >= 15 is 0 Å². The van der Waals surface area contributed by atoms with Crippen LogP contribution in [0.3, 0.4) is 0 Å². The van der Waals surface area contributed by atoms with E-state index in [-0.39, 0.29) is 18.2 Å². The minimum atomic E-state index is -0.393. The third-order valence-electron chi connectivity index (χ3n) is 7.05. The number of piperidine rings is 1. The maximum atomic E-state index is 12.1. The predicted octanol–water partition coefficient (Wildman–Crippen LogP) is 4.38. The Morgan fingerprint density at radius 1 is 1.10 bits per heavy atom. The molecule has 2 aromatic heterocycles. The summed E-state index contributed by atoms with van der Waals surface area (Å²) >= 11 is 12.9. The zero-order chi connectivity index (χ0) is 27.7. The van der Waals surface area contributed by atoms with E-state index in [9.17, 15) is 9.59 Å². The summed E-state index contributed by atoms with van der Waals surface area (Å²) < 4.78 is 1.80. The Morgan fingerprint density at radius 2 is 1.85 bits per heavy atom. The molecule has 4 aromatic rings. The first-order chi connectivity index (χ1) is 18.7. The highest BCUT2D eigenvalue weighted by Crippen LogP contribution is 2.40. The lowest BCUT2D eigenvalue weighted by Gasteiger charge is -2.33. The van der Waals surface area contributed by atoms with Crippen LogP contribution in [0.4, 0.5) is 11.6 Å². The van der Waals surface area contributed by atoms with Crippen molar-refractivity contribution in [3.05, 3.63) is 64.6 Å². The molecule has 11 heteroatoms. The van der Waals surface area contributed by atoms with E-state index in [1.807, 2.05) is 66.5 Å². The molecule has 39 heavy (non-hydrogen) atoms. The van der Waals surface area contributed by atoms with Crippen molar-refractivity contribution in [1.82, 2.24) is 14.6 Å². The number of amides is 2. The molecule has 202 valence electrons. The summed E-state index contributed by atoms with van der Waals surface area (Å²) in [5.41, 5.74) is 14.8. The summed E-state index contributed by atoms with van der Waals surface area (Å²) in [7, 11) is 1.86. The van der Waals surface area contributed by atoms with Crippen molar-refractivity contribution >= 4 is 52.3 Å². The number of rotatable bonds is 8. The molecule has 0 spiro atoms. The average molecular weight is 566 g/mol. The molecule has 0 unspecified atom stereocenters. The van der Waals surface area contributed by atoms with Crippen molar-refractivity contribution in [2.75, 3.05) is 36.5 Å². The zero-order valence-electron chi connectivity index (χ0n) is 21.5. The normalized spacial score (nSPS) is 15.5. The van der Waals surface area contributed by atoms with Gasteiger partial charge in [-0.15, -0.1) is 0 Å². The largest absolute Gasteiger partial charge is 0.370 e. The van der Waals surface area contributed by atoms with Gasteiger partial charge in [0.15, 0.2) is 5.65 Å². The van der Waals surface area contributed by atoms with Crippen LogP contribution in [-0.4, -0.2) is 53.1 Å². The second-order valence-corrected chi connectivity index (χ2v) is 10.6. The molecule has 0 aliphatic carbocycles. The molecule has 0 bridgehead atoms. The molecule has 1 saturated heterocycles. The Morgan fingerprint density at radius 3 is 2.54 bits per heavy atom. The quantitative estimate of drug-likeness (QED) is 0.326. The predicted molar refractivity (Wildman–Crippen MR) is 155 cm³/mol. The summed E-state index contributed by atoms with van der Waals surface area (Å²) in [5.74, 6) is 0.423. The summed E-state index contributed by atoms with van der Waals surface area (Å²) in [4.78, 5) is 32.6. The third-order valence-corrected chi connectivity index (χ3v) is 7.63.